The lowest BCUT2D eigenvalue weighted by Crippen LogP contribution is -2.31. The van der Waals surface area contributed by atoms with Gasteiger partial charge in [0.25, 0.3) is 11.7 Å². The van der Waals surface area contributed by atoms with Gasteiger partial charge in [0.15, 0.2) is 0 Å². The van der Waals surface area contributed by atoms with E-state index in [-0.39, 0.29) is 11.3 Å². The van der Waals surface area contributed by atoms with E-state index in [1.165, 1.54) is 4.90 Å². The molecule has 1 aliphatic rings. The maximum absolute atomic E-state index is 12.8. The lowest BCUT2D eigenvalue weighted by Gasteiger charge is -2.25. The number of aliphatic hydroxyl groups is 1. The van der Waals surface area contributed by atoms with E-state index in [0.717, 1.165) is 10.0 Å². The molecule has 0 aliphatic carbocycles. The van der Waals surface area contributed by atoms with E-state index in [1.807, 2.05) is 30.3 Å². The Morgan fingerprint density at radius 3 is 2.41 bits per heavy atom. The lowest BCUT2D eigenvalue weighted by molar-refractivity contribution is -0.140. The summed E-state index contributed by atoms with van der Waals surface area (Å²) >= 11 is 3.40. The number of ether oxygens (including phenoxy) is 1. The number of methoxy groups -OCH3 is 1. The van der Waals surface area contributed by atoms with Crippen LogP contribution in [0.3, 0.4) is 0 Å². The van der Waals surface area contributed by atoms with Gasteiger partial charge in [0.05, 0.1) is 11.6 Å². The van der Waals surface area contributed by atoms with Crippen molar-refractivity contribution in [3.05, 3.63) is 75.8 Å². The number of carbonyl (C=O) groups is 2. The first-order valence-corrected chi connectivity index (χ1v) is 9.42. The van der Waals surface area contributed by atoms with Crippen LogP contribution in [-0.4, -0.2) is 42.0 Å². The number of likely N-dealkylation sites (tertiary alicyclic amines) is 1. The van der Waals surface area contributed by atoms with Gasteiger partial charge in [0.2, 0.25) is 0 Å². The van der Waals surface area contributed by atoms with Crippen LogP contribution in [0.4, 0.5) is 0 Å². The molecule has 140 valence electrons. The molecule has 1 fully saturated rings. The third-order valence-electron chi connectivity index (χ3n) is 4.52. The Bertz CT molecular complexity index is 862. The fourth-order valence-corrected chi connectivity index (χ4v) is 3.50. The highest BCUT2D eigenvalue weighted by Crippen LogP contribution is 2.39. The molecule has 2 aromatic carbocycles. The molecule has 5 nitrogen and oxygen atoms in total. The smallest absolute Gasteiger partial charge is 0.295 e. The Morgan fingerprint density at radius 2 is 1.78 bits per heavy atom. The second-order valence-electron chi connectivity index (χ2n) is 6.26. The summed E-state index contributed by atoms with van der Waals surface area (Å²) in [6.07, 6.45) is 0.599. The largest absolute Gasteiger partial charge is 0.507 e. The van der Waals surface area contributed by atoms with E-state index < -0.39 is 17.7 Å². The maximum atomic E-state index is 12.8. The fraction of sp³-hybridized carbons (Fsp3) is 0.238. The highest BCUT2D eigenvalue weighted by Gasteiger charge is 2.45. The molecule has 1 N–H and O–H groups in total. The van der Waals surface area contributed by atoms with Gasteiger partial charge < -0.3 is 14.7 Å². The van der Waals surface area contributed by atoms with Gasteiger partial charge in [0, 0.05) is 30.3 Å². The topological polar surface area (TPSA) is 66.8 Å². The maximum Gasteiger partial charge on any atom is 0.295 e. The highest BCUT2D eigenvalue weighted by molar-refractivity contribution is 9.10. The van der Waals surface area contributed by atoms with E-state index in [9.17, 15) is 14.7 Å². The van der Waals surface area contributed by atoms with Crippen molar-refractivity contribution in [3.8, 4) is 0 Å². The molecule has 1 unspecified atom stereocenters. The molecule has 2 aromatic rings. The van der Waals surface area contributed by atoms with Crippen molar-refractivity contribution in [2.24, 2.45) is 0 Å². The Balaban J connectivity index is 2.10. The van der Waals surface area contributed by atoms with Crippen LogP contribution in [0, 0.1) is 0 Å². The van der Waals surface area contributed by atoms with Crippen molar-refractivity contribution in [2.45, 2.75) is 12.5 Å². The number of halogens is 1. The molecular weight excluding hydrogens is 410 g/mol. The van der Waals surface area contributed by atoms with E-state index in [1.54, 1.807) is 31.4 Å². The molecule has 1 saturated heterocycles. The zero-order chi connectivity index (χ0) is 19.4. The van der Waals surface area contributed by atoms with Crippen LogP contribution in [-0.2, 0) is 14.3 Å². The Morgan fingerprint density at radius 1 is 1.11 bits per heavy atom. The summed E-state index contributed by atoms with van der Waals surface area (Å²) in [6, 6.07) is 15.6. The number of aliphatic hydroxyl groups excluding tert-OH is 1. The molecule has 1 atom stereocenters. The van der Waals surface area contributed by atoms with Crippen molar-refractivity contribution >= 4 is 33.4 Å². The normalized spacial score (nSPS) is 18.9. The molecule has 0 spiro atoms. The van der Waals surface area contributed by atoms with Gasteiger partial charge in [-0.3, -0.25) is 9.59 Å². The number of rotatable bonds is 6. The van der Waals surface area contributed by atoms with Gasteiger partial charge >= 0.3 is 0 Å². The van der Waals surface area contributed by atoms with Crippen LogP contribution in [0.5, 0.6) is 0 Å². The van der Waals surface area contributed by atoms with Crippen LogP contribution in [0.1, 0.15) is 23.6 Å². The van der Waals surface area contributed by atoms with Crippen molar-refractivity contribution in [3.63, 3.8) is 0 Å². The highest BCUT2D eigenvalue weighted by atomic mass is 79.9. The molecule has 3 rings (SSSR count). The Labute approximate surface area is 166 Å². The van der Waals surface area contributed by atoms with Gasteiger partial charge in [-0.25, -0.2) is 0 Å². The zero-order valence-corrected chi connectivity index (χ0v) is 16.5. The second-order valence-corrected chi connectivity index (χ2v) is 7.17. The molecule has 1 aliphatic heterocycles. The summed E-state index contributed by atoms with van der Waals surface area (Å²) in [7, 11) is 1.59. The number of amides is 1. The van der Waals surface area contributed by atoms with E-state index in [2.05, 4.69) is 15.9 Å². The predicted octanol–water partition coefficient (Wildman–Crippen LogP) is 3.91. The van der Waals surface area contributed by atoms with Crippen LogP contribution >= 0.6 is 15.9 Å². The summed E-state index contributed by atoms with van der Waals surface area (Å²) < 4.78 is 5.97. The van der Waals surface area contributed by atoms with Gasteiger partial charge in [-0.15, -0.1) is 0 Å². The van der Waals surface area contributed by atoms with Gasteiger partial charge in [-0.1, -0.05) is 58.4 Å². The number of carbonyl (C=O) groups excluding carboxylic acids is 2. The number of benzene rings is 2. The zero-order valence-electron chi connectivity index (χ0n) is 14.9. The molecule has 0 radical (unpaired) electrons. The van der Waals surface area contributed by atoms with Crippen molar-refractivity contribution in [2.75, 3.05) is 20.3 Å². The fourth-order valence-electron chi connectivity index (χ4n) is 3.23. The Kier molecular flexibility index (Phi) is 6.08. The summed E-state index contributed by atoms with van der Waals surface area (Å²) in [5.74, 6) is -1.42. The average Bonchev–Trinajstić information content (AvgIpc) is 2.94. The molecule has 6 heteroatoms. The minimum atomic E-state index is -0.665. The predicted molar refractivity (Wildman–Crippen MR) is 106 cm³/mol. The third-order valence-corrected chi connectivity index (χ3v) is 5.05. The molecule has 0 saturated carbocycles. The average molecular weight is 430 g/mol. The molecule has 1 heterocycles. The quantitative estimate of drug-likeness (QED) is 0.327. The third kappa shape index (κ3) is 3.96. The van der Waals surface area contributed by atoms with Crippen LogP contribution in [0.15, 0.2) is 64.6 Å². The lowest BCUT2D eigenvalue weighted by atomic mass is 9.95. The number of Topliss-reactive ketones (excluding diaryl/α,β-unsaturated/α-hetero) is 1. The first-order chi connectivity index (χ1) is 13.0. The molecular formula is C21H20BrNO4. The van der Waals surface area contributed by atoms with Crippen LogP contribution in [0.25, 0.3) is 5.76 Å². The van der Waals surface area contributed by atoms with Gasteiger partial charge in [0.1, 0.15) is 5.76 Å². The summed E-state index contributed by atoms with van der Waals surface area (Å²) in [4.78, 5) is 27.0. The Hall–Kier alpha value is -2.44. The van der Waals surface area contributed by atoms with Crippen LogP contribution < -0.4 is 0 Å². The number of nitrogens with zero attached hydrogens (tertiary/aromatic N) is 1. The summed E-state index contributed by atoms with van der Waals surface area (Å²) in [6.45, 7) is 0.847. The minimum Gasteiger partial charge on any atom is -0.507 e. The summed E-state index contributed by atoms with van der Waals surface area (Å²) in [5, 5.41) is 10.8. The first kappa shape index (κ1) is 19.3. The van der Waals surface area contributed by atoms with Crippen molar-refractivity contribution in [1.29, 1.82) is 0 Å². The number of ketones is 1. The number of hydrogen-bond donors (Lipinski definition) is 1. The van der Waals surface area contributed by atoms with E-state index >= 15 is 0 Å². The van der Waals surface area contributed by atoms with Crippen molar-refractivity contribution < 1.29 is 19.4 Å². The van der Waals surface area contributed by atoms with Crippen LogP contribution in [0.2, 0.25) is 0 Å². The van der Waals surface area contributed by atoms with Gasteiger partial charge in [-0.2, -0.15) is 0 Å². The SMILES string of the molecule is COCCCN1C(=O)C(=O)C(=C(O)c2ccccc2)C1c1ccc(Br)cc1. The second kappa shape index (κ2) is 8.50. The standard InChI is InChI=1S/C21H20BrNO4/c1-27-13-5-12-23-18(14-8-10-16(22)11-9-14)17(20(25)21(23)26)19(24)15-6-3-2-4-7-15/h2-4,6-11,18,24H,5,12-13H2,1H3. The van der Waals surface area contributed by atoms with E-state index in [4.69, 9.17) is 4.74 Å². The minimum absolute atomic E-state index is 0.117. The number of hydrogen-bond acceptors (Lipinski definition) is 4. The van der Waals surface area contributed by atoms with E-state index in [0.29, 0.717) is 25.1 Å². The molecule has 27 heavy (non-hydrogen) atoms. The molecule has 0 aromatic heterocycles. The van der Waals surface area contributed by atoms with Crippen molar-refractivity contribution in [1.82, 2.24) is 4.90 Å². The summed E-state index contributed by atoms with van der Waals surface area (Å²) in [5.41, 5.74) is 1.40. The molecule has 1 amide bonds. The van der Waals surface area contributed by atoms with Gasteiger partial charge in [-0.05, 0) is 24.1 Å². The monoisotopic (exact) mass is 429 g/mol. The first-order valence-electron chi connectivity index (χ1n) is 8.63. The molecule has 0 bridgehead atoms.